The highest BCUT2D eigenvalue weighted by atomic mass is 16.2. The van der Waals surface area contributed by atoms with Gasteiger partial charge in [-0.2, -0.15) is 0 Å². The van der Waals surface area contributed by atoms with Crippen molar-refractivity contribution in [2.75, 3.05) is 0 Å². The molecular formula is C14H18N2O. The van der Waals surface area contributed by atoms with E-state index in [1.807, 2.05) is 44.2 Å². The van der Waals surface area contributed by atoms with E-state index in [1.54, 1.807) is 0 Å². The van der Waals surface area contributed by atoms with E-state index < -0.39 is 6.04 Å². The van der Waals surface area contributed by atoms with Crippen molar-refractivity contribution in [3.8, 4) is 0 Å². The van der Waals surface area contributed by atoms with Crippen LogP contribution in [0.3, 0.4) is 0 Å². The number of amides is 1. The van der Waals surface area contributed by atoms with Gasteiger partial charge in [-0.05, 0) is 12.0 Å². The Bertz CT molecular complexity index is 394. The predicted molar refractivity (Wildman–Crippen MR) is 68.1 cm³/mol. The Labute approximate surface area is 103 Å². The quantitative estimate of drug-likeness (QED) is 0.775. The maximum atomic E-state index is 11.8. The van der Waals surface area contributed by atoms with Gasteiger partial charge in [0.05, 0.1) is 0 Å². The third-order valence-electron chi connectivity index (χ3n) is 2.90. The molecule has 0 fully saturated rings. The molecule has 0 bridgehead atoms. The van der Waals surface area contributed by atoms with Gasteiger partial charge in [0.1, 0.15) is 0 Å². The minimum atomic E-state index is -0.566. The number of hydrogen-bond acceptors (Lipinski definition) is 1. The summed E-state index contributed by atoms with van der Waals surface area (Å²) in [6.45, 7) is 11.5. The van der Waals surface area contributed by atoms with Crippen molar-refractivity contribution in [3.63, 3.8) is 0 Å². The van der Waals surface area contributed by atoms with E-state index in [0.717, 1.165) is 12.0 Å². The highest BCUT2D eigenvalue weighted by Gasteiger charge is 2.28. The number of carbonyl (C=O) groups is 1. The van der Waals surface area contributed by atoms with Gasteiger partial charge in [-0.15, -0.1) is 0 Å². The average Bonchev–Trinajstić information content (AvgIpc) is 2.38. The summed E-state index contributed by atoms with van der Waals surface area (Å²) in [7, 11) is 0. The number of rotatable bonds is 5. The van der Waals surface area contributed by atoms with E-state index in [2.05, 4.69) is 10.2 Å². The van der Waals surface area contributed by atoms with Crippen LogP contribution in [0.1, 0.15) is 25.8 Å². The van der Waals surface area contributed by atoms with Gasteiger partial charge in [0.15, 0.2) is 0 Å². The molecule has 1 amide bonds. The van der Waals surface area contributed by atoms with E-state index in [-0.39, 0.29) is 11.8 Å². The molecule has 0 saturated heterocycles. The fourth-order valence-electron chi connectivity index (χ4n) is 1.56. The van der Waals surface area contributed by atoms with Crippen LogP contribution in [0.15, 0.2) is 30.3 Å². The zero-order valence-corrected chi connectivity index (χ0v) is 10.3. The van der Waals surface area contributed by atoms with Crippen LogP contribution in [0.2, 0.25) is 0 Å². The molecule has 1 rings (SSSR count). The highest BCUT2D eigenvalue weighted by Crippen LogP contribution is 2.11. The Morgan fingerprint density at radius 3 is 2.59 bits per heavy atom. The predicted octanol–water partition coefficient (Wildman–Crippen LogP) is 2.64. The lowest BCUT2D eigenvalue weighted by Crippen LogP contribution is -2.36. The van der Waals surface area contributed by atoms with E-state index in [4.69, 9.17) is 6.57 Å². The Balaban J connectivity index is 2.52. The number of nitrogens with zero attached hydrogens (tertiary/aromatic N) is 1. The number of nitrogens with one attached hydrogen (secondary N) is 1. The molecule has 0 unspecified atom stereocenters. The van der Waals surface area contributed by atoms with Crippen LogP contribution in [-0.4, -0.2) is 11.9 Å². The molecule has 3 heteroatoms. The van der Waals surface area contributed by atoms with E-state index >= 15 is 0 Å². The van der Waals surface area contributed by atoms with Crippen molar-refractivity contribution in [1.29, 1.82) is 0 Å². The van der Waals surface area contributed by atoms with Gasteiger partial charge in [0, 0.05) is 12.5 Å². The number of hydrogen-bond donors (Lipinski definition) is 1. The standard InChI is InChI=1S/C14H18N2O/c1-4-11(2)13(15-3)14(17)16-10-12-8-6-5-7-9-12/h5-9,11,13H,4,10H2,1-2H3,(H,16,17)/t11-,13-/m0/s1. The van der Waals surface area contributed by atoms with Crippen molar-refractivity contribution >= 4 is 5.91 Å². The molecule has 0 saturated carbocycles. The largest absolute Gasteiger partial charge is 0.345 e. The van der Waals surface area contributed by atoms with Gasteiger partial charge in [0.2, 0.25) is 0 Å². The lowest BCUT2D eigenvalue weighted by atomic mass is 9.99. The summed E-state index contributed by atoms with van der Waals surface area (Å²) >= 11 is 0. The molecule has 3 nitrogen and oxygen atoms in total. The van der Waals surface area contributed by atoms with Gasteiger partial charge in [-0.1, -0.05) is 44.2 Å². The molecule has 0 aliphatic rings. The third kappa shape index (κ3) is 3.92. The summed E-state index contributed by atoms with van der Waals surface area (Å²) in [4.78, 5) is 15.2. The Morgan fingerprint density at radius 2 is 2.06 bits per heavy atom. The van der Waals surface area contributed by atoms with Crippen LogP contribution in [0.5, 0.6) is 0 Å². The summed E-state index contributed by atoms with van der Waals surface area (Å²) in [6.07, 6.45) is 0.839. The molecule has 0 aliphatic carbocycles. The van der Waals surface area contributed by atoms with E-state index in [9.17, 15) is 4.79 Å². The maximum absolute atomic E-state index is 11.8. The van der Waals surface area contributed by atoms with E-state index in [1.165, 1.54) is 0 Å². The monoisotopic (exact) mass is 230 g/mol. The lowest BCUT2D eigenvalue weighted by Gasteiger charge is -2.11. The molecule has 2 atom stereocenters. The van der Waals surface area contributed by atoms with Crippen molar-refractivity contribution < 1.29 is 4.79 Å². The van der Waals surface area contributed by atoms with Gasteiger partial charge < -0.3 is 10.2 Å². The molecule has 0 radical (unpaired) electrons. The molecule has 0 aromatic heterocycles. The molecule has 1 aromatic rings. The van der Waals surface area contributed by atoms with Crippen molar-refractivity contribution in [2.45, 2.75) is 32.9 Å². The molecule has 90 valence electrons. The summed E-state index contributed by atoms with van der Waals surface area (Å²) in [5.41, 5.74) is 1.05. The van der Waals surface area contributed by atoms with Gasteiger partial charge >= 0.3 is 11.9 Å². The zero-order chi connectivity index (χ0) is 12.7. The van der Waals surface area contributed by atoms with Crippen LogP contribution >= 0.6 is 0 Å². The molecule has 17 heavy (non-hydrogen) atoms. The van der Waals surface area contributed by atoms with Crippen molar-refractivity contribution in [3.05, 3.63) is 47.3 Å². The molecule has 0 heterocycles. The Morgan fingerprint density at radius 1 is 1.41 bits per heavy atom. The molecule has 1 N–H and O–H groups in total. The molecule has 0 aliphatic heterocycles. The minimum Gasteiger partial charge on any atom is -0.345 e. The first-order valence-corrected chi connectivity index (χ1v) is 5.87. The number of benzene rings is 1. The first-order valence-electron chi connectivity index (χ1n) is 5.87. The minimum absolute atomic E-state index is 0.100. The Hall–Kier alpha value is -1.82. The Kier molecular flexibility index (Phi) is 5.22. The van der Waals surface area contributed by atoms with Gasteiger partial charge in [-0.3, -0.25) is 4.79 Å². The van der Waals surface area contributed by atoms with Gasteiger partial charge in [-0.25, -0.2) is 6.57 Å². The van der Waals surface area contributed by atoms with Crippen LogP contribution in [0.4, 0.5) is 0 Å². The summed E-state index contributed by atoms with van der Waals surface area (Å²) in [5, 5.41) is 2.81. The smallest absolute Gasteiger partial charge is 0.303 e. The number of carbonyl (C=O) groups excluding carboxylic acids is 1. The van der Waals surface area contributed by atoms with Crippen LogP contribution in [0.25, 0.3) is 4.85 Å². The summed E-state index contributed by atoms with van der Waals surface area (Å²) in [6, 6.07) is 9.15. The second-order valence-corrected chi connectivity index (χ2v) is 4.16. The molecule has 0 spiro atoms. The van der Waals surface area contributed by atoms with Crippen LogP contribution in [-0.2, 0) is 11.3 Å². The molecule has 1 aromatic carbocycles. The van der Waals surface area contributed by atoms with Crippen LogP contribution in [0, 0.1) is 12.5 Å². The molecular weight excluding hydrogens is 212 g/mol. The second-order valence-electron chi connectivity index (χ2n) is 4.16. The maximum Gasteiger partial charge on any atom is 0.303 e. The highest BCUT2D eigenvalue weighted by molar-refractivity contribution is 5.83. The first-order chi connectivity index (χ1) is 8.19. The summed E-state index contributed by atoms with van der Waals surface area (Å²) < 4.78 is 0. The fourth-order valence-corrected chi connectivity index (χ4v) is 1.56. The summed E-state index contributed by atoms with van der Waals surface area (Å²) in [5.74, 6) is -0.0681. The first kappa shape index (κ1) is 13.2. The lowest BCUT2D eigenvalue weighted by molar-refractivity contribution is -0.122. The zero-order valence-electron chi connectivity index (χ0n) is 10.3. The van der Waals surface area contributed by atoms with E-state index in [0.29, 0.717) is 6.54 Å². The SMILES string of the molecule is [C-]#[N+][C@H](C(=O)NCc1ccccc1)[C@@H](C)CC. The topological polar surface area (TPSA) is 33.5 Å². The van der Waals surface area contributed by atoms with Crippen molar-refractivity contribution in [2.24, 2.45) is 5.92 Å². The van der Waals surface area contributed by atoms with Crippen molar-refractivity contribution in [1.82, 2.24) is 5.32 Å². The second kappa shape index (κ2) is 6.70. The van der Waals surface area contributed by atoms with Gasteiger partial charge in [0.25, 0.3) is 0 Å². The fraction of sp³-hybridized carbons (Fsp3) is 0.429. The van der Waals surface area contributed by atoms with Crippen LogP contribution < -0.4 is 5.32 Å². The average molecular weight is 230 g/mol. The normalized spacial score (nSPS) is 13.5. The third-order valence-corrected chi connectivity index (χ3v) is 2.90.